The second-order valence-corrected chi connectivity index (χ2v) is 8.95. The number of para-hydroxylation sites is 1. The number of hydrogen-bond acceptors (Lipinski definition) is 2. The molecule has 5 heteroatoms. The molecule has 33 heavy (non-hydrogen) atoms. The number of halogens is 1. The maximum atomic E-state index is 13.8. The highest BCUT2D eigenvalue weighted by Crippen LogP contribution is 2.33. The van der Waals surface area contributed by atoms with Gasteiger partial charge in [-0.15, -0.1) is 0 Å². The van der Waals surface area contributed by atoms with Crippen LogP contribution in [0.3, 0.4) is 0 Å². The van der Waals surface area contributed by atoms with Crippen molar-refractivity contribution in [3.05, 3.63) is 107 Å². The zero-order valence-corrected chi connectivity index (χ0v) is 19.8. The number of carbonyl (C=O) groups excluding carboxylic acids is 1. The molecule has 0 fully saturated rings. The highest BCUT2D eigenvalue weighted by atomic mass is 35.5. The molecule has 4 aromatic rings. The fourth-order valence-corrected chi connectivity index (χ4v) is 4.22. The predicted octanol–water partition coefficient (Wildman–Crippen LogP) is 6.96. The van der Waals surface area contributed by atoms with Gasteiger partial charge >= 0.3 is 0 Å². The predicted molar refractivity (Wildman–Crippen MR) is 135 cm³/mol. The molecule has 0 aliphatic rings. The minimum atomic E-state index is -0.234. The summed E-state index contributed by atoms with van der Waals surface area (Å²) in [5.41, 5.74) is 3.65. The molecule has 0 aliphatic carbocycles. The van der Waals surface area contributed by atoms with E-state index in [0.717, 1.165) is 16.8 Å². The van der Waals surface area contributed by atoms with Crippen LogP contribution >= 0.6 is 11.6 Å². The Morgan fingerprint density at radius 3 is 1.97 bits per heavy atom. The summed E-state index contributed by atoms with van der Waals surface area (Å²) in [6.45, 7) is 6.50. The molecule has 168 valence electrons. The molecule has 0 spiro atoms. The lowest BCUT2D eigenvalue weighted by Crippen LogP contribution is -2.34. The van der Waals surface area contributed by atoms with E-state index in [2.05, 4.69) is 38.2 Å². The first-order valence-corrected chi connectivity index (χ1v) is 11.6. The number of rotatable bonds is 7. The lowest BCUT2D eigenvalue weighted by molar-refractivity contribution is 0.0916. The van der Waals surface area contributed by atoms with Crippen LogP contribution in [0, 0.1) is 11.8 Å². The van der Waals surface area contributed by atoms with Gasteiger partial charge < -0.3 is 5.32 Å². The average Bonchev–Trinajstić information content (AvgIpc) is 3.20. The summed E-state index contributed by atoms with van der Waals surface area (Å²) < 4.78 is 1.63. The summed E-state index contributed by atoms with van der Waals surface area (Å²) in [4.78, 5) is 13.8. The van der Waals surface area contributed by atoms with Gasteiger partial charge in [-0.1, -0.05) is 111 Å². The molecule has 0 saturated carbocycles. The summed E-state index contributed by atoms with van der Waals surface area (Å²) >= 11 is 6.82. The number of carbonyl (C=O) groups is 1. The summed E-state index contributed by atoms with van der Waals surface area (Å²) in [5.74, 6) is 0.369. The molecule has 3 aromatic carbocycles. The van der Waals surface area contributed by atoms with Crippen LogP contribution in [0.2, 0.25) is 5.15 Å². The smallest absolute Gasteiger partial charge is 0.257 e. The standard InChI is InChI=1S/C28H28ClN3O/c1-19(2)20(3)25(21-13-7-4-8-14-21)30-28(33)24-26(22-15-9-5-10-16-22)31-32(27(24)29)23-17-11-6-12-18-23/h4-20,25H,1-3H3,(H,30,33)/t20?,25-/m0/s1. The third-order valence-corrected chi connectivity index (χ3v) is 6.48. The zero-order chi connectivity index (χ0) is 23.4. The maximum absolute atomic E-state index is 13.8. The Balaban J connectivity index is 1.79. The first-order valence-electron chi connectivity index (χ1n) is 11.2. The molecule has 1 amide bonds. The monoisotopic (exact) mass is 457 g/mol. The highest BCUT2D eigenvalue weighted by molar-refractivity contribution is 6.34. The van der Waals surface area contributed by atoms with E-state index < -0.39 is 0 Å². The molecule has 4 nitrogen and oxygen atoms in total. The molecule has 0 aliphatic heterocycles. The normalized spacial score (nSPS) is 13.0. The van der Waals surface area contributed by atoms with Crippen molar-refractivity contribution in [2.75, 3.05) is 0 Å². The average molecular weight is 458 g/mol. The van der Waals surface area contributed by atoms with Crippen LogP contribution in [-0.4, -0.2) is 15.7 Å². The van der Waals surface area contributed by atoms with E-state index in [1.54, 1.807) is 4.68 Å². The van der Waals surface area contributed by atoms with Gasteiger partial charge in [-0.25, -0.2) is 4.68 Å². The van der Waals surface area contributed by atoms with Gasteiger partial charge in [0, 0.05) is 5.56 Å². The lowest BCUT2D eigenvalue weighted by atomic mass is 9.86. The van der Waals surface area contributed by atoms with Crippen LogP contribution in [0.25, 0.3) is 16.9 Å². The SMILES string of the molecule is CC(C)C(C)[C@H](NC(=O)c1c(-c2ccccc2)nn(-c2ccccc2)c1Cl)c1ccccc1. The molecule has 1 unspecified atom stereocenters. The summed E-state index contributed by atoms with van der Waals surface area (Å²) in [5, 5.41) is 8.32. The van der Waals surface area contributed by atoms with Gasteiger partial charge in [-0.05, 0) is 29.5 Å². The fraction of sp³-hybridized carbons (Fsp3) is 0.214. The Hall–Kier alpha value is -3.37. The number of nitrogens with one attached hydrogen (secondary N) is 1. The minimum absolute atomic E-state index is 0.154. The molecule has 0 radical (unpaired) electrons. The van der Waals surface area contributed by atoms with Crippen molar-refractivity contribution in [2.45, 2.75) is 26.8 Å². The van der Waals surface area contributed by atoms with E-state index in [-0.39, 0.29) is 17.9 Å². The second-order valence-electron chi connectivity index (χ2n) is 8.59. The fourth-order valence-electron chi connectivity index (χ4n) is 3.91. The minimum Gasteiger partial charge on any atom is -0.345 e. The van der Waals surface area contributed by atoms with Gasteiger partial charge in [0.25, 0.3) is 5.91 Å². The first-order chi connectivity index (χ1) is 16.0. The number of benzene rings is 3. The van der Waals surface area contributed by atoms with Crippen molar-refractivity contribution >= 4 is 17.5 Å². The van der Waals surface area contributed by atoms with Crippen LogP contribution in [0.1, 0.15) is 42.7 Å². The zero-order valence-electron chi connectivity index (χ0n) is 19.1. The third kappa shape index (κ3) is 4.86. The van der Waals surface area contributed by atoms with Crippen molar-refractivity contribution in [3.8, 4) is 16.9 Å². The molecule has 4 rings (SSSR count). The van der Waals surface area contributed by atoms with Crippen molar-refractivity contribution < 1.29 is 4.79 Å². The molecule has 1 heterocycles. The first kappa shape index (κ1) is 22.8. The Bertz CT molecular complexity index is 1200. The van der Waals surface area contributed by atoms with E-state index >= 15 is 0 Å². The number of hydrogen-bond donors (Lipinski definition) is 1. The highest BCUT2D eigenvalue weighted by Gasteiger charge is 2.29. The van der Waals surface area contributed by atoms with E-state index in [4.69, 9.17) is 16.7 Å². The summed E-state index contributed by atoms with van der Waals surface area (Å²) in [7, 11) is 0. The van der Waals surface area contributed by atoms with Crippen molar-refractivity contribution in [1.29, 1.82) is 0 Å². The van der Waals surface area contributed by atoms with E-state index in [1.807, 2.05) is 78.9 Å². The molecule has 1 N–H and O–H groups in total. The molecular weight excluding hydrogens is 430 g/mol. The summed E-state index contributed by atoms with van der Waals surface area (Å²) in [6.07, 6.45) is 0. The van der Waals surface area contributed by atoms with Crippen molar-refractivity contribution in [2.24, 2.45) is 11.8 Å². The van der Waals surface area contributed by atoms with Crippen LogP contribution < -0.4 is 5.32 Å². The Morgan fingerprint density at radius 1 is 0.848 bits per heavy atom. The third-order valence-electron chi connectivity index (χ3n) is 6.13. The molecular formula is C28H28ClN3O. The van der Waals surface area contributed by atoms with Gasteiger partial charge in [0.2, 0.25) is 0 Å². The molecule has 0 bridgehead atoms. The second kappa shape index (κ2) is 10.1. The number of aromatic nitrogens is 2. The van der Waals surface area contributed by atoms with Crippen LogP contribution in [0.15, 0.2) is 91.0 Å². The van der Waals surface area contributed by atoms with Gasteiger partial charge in [-0.3, -0.25) is 4.79 Å². The quantitative estimate of drug-likeness (QED) is 0.326. The maximum Gasteiger partial charge on any atom is 0.257 e. The van der Waals surface area contributed by atoms with Crippen LogP contribution in [0.4, 0.5) is 0 Å². The Labute approximate surface area is 200 Å². The van der Waals surface area contributed by atoms with Crippen LogP contribution in [-0.2, 0) is 0 Å². The largest absolute Gasteiger partial charge is 0.345 e. The van der Waals surface area contributed by atoms with Gasteiger partial charge in [0.1, 0.15) is 16.4 Å². The van der Waals surface area contributed by atoms with Crippen molar-refractivity contribution in [3.63, 3.8) is 0 Å². The van der Waals surface area contributed by atoms with Gasteiger partial charge in [0.05, 0.1) is 11.7 Å². The van der Waals surface area contributed by atoms with Gasteiger partial charge in [0.15, 0.2) is 0 Å². The Morgan fingerprint density at radius 2 is 1.39 bits per heavy atom. The van der Waals surface area contributed by atoms with E-state index in [1.165, 1.54) is 0 Å². The number of nitrogens with zero attached hydrogens (tertiary/aromatic N) is 2. The molecule has 1 aromatic heterocycles. The summed E-state index contributed by atoms with van der Waals surface area (Å²) in [6, 6.07) is 29.2. The molecule has 0 saturated heterocycles. The molecule has 2 atom stereocenters. The Kier molecular flexibility index (Phi) is 6.95. The number of amides is 1. The van der Waals surface area contributed by atoms with Crippen molar-refractivity contribution in [1.82, 2.24) is 15.1 Å². The van der Waals surface area contributed by atoms with Gasteiger partial charge in [-0.2, -0.15) is 5.10 Å². The topological polar surface area (TPSA) is 46.9 Å². The lowest BCUT2D eigenvalue weighted by Gasteiger charge is -2.28. The van der Waals surface area contributed by atoms with E-state index in [9.17, 15) is 4.79 Å². The van der Waals surface area contributed by atoms with E-state index in [0.29, 0.717) is 22.3 Å². The van der Waals surface area contributed by atoms with Crippen LogP contribution in [0.5, 0.6) is 0 Å².